The van der Waals surface area contributed by atoms with Crippen molar-refractivity contribution >= 4 is 27.9 Å². The molecule has 10 heteroatoms. The quantitative estimate of drug-likeness (QED) is 0.636. The number of amides is 3. The molecule has 0 bridgehead atoms. The van der Waals surface area contributed by atoms with E-state index in [1.54, 1.807) is 48.5 Å². The topological polar surface area (TPSA) is 122 Å². The van der Waals surface area contributed by atoms with E-state index in [0.29, 0.717) is 5.56 Å². The molecular formula is C22H25N3O6S. The smallest absolute Gasteiger partial charge is 0.321 e. The highest BCUT2D eigenvalue weighted by Crippen LogP contribution is 2.27. The summed E-state index contributed by atoms with van der Waals surface area (Å²) in [5, 5.41) is 4.41. The second kappa shape index (κ2) is 10.4. The molecule has 1 unspecified atom stereocenters. The summed E-state index contributed by atoms with van der Waals surface area (Å²) in [7, 11) is -2.27. The first-order chi connectivity index (χ1) is 15.3. The highest BCUT2D eigenvalue weighted by atomic mass is 32.2. The Morgan fingerprint density at radius 1 is 0.969 bits per heavy atom. The minimum atomic E-state index is -3.63. The molecule has 0 saturated carbocycles. The standard InChI is InChI=1S/C22H25N3O6S/c1-23-22(28)24-20(26)19(16-8-4-2-5-9-16)31-21(27)17-12-14-25(15-13-17)32(29,30)18-10-6-3-7-11-18/h2-11,17,19H,12-15H2,1H3,(H2,23,24,26,28). The zero-order valence-electron chi connectivity index (χ0n) is 17.6. The first-order valence-electron chi connectivity index (χ1n) is 10.2. The van der Waals surface area contributed by atoms with Gasteiger partial charge < -0.3 is 10.1 Å². The summed E-state index contributed by atoms with van der Waals surface area (Å²) in [5.41, 5.74) is 0.423. The minimum Gasteiger partial charge on any atom is -0.447 e. The average molecular weight is 460 g/mol. The number of esters is 1. The fourth-order valence-corrected chi connectivity index (χ4v) is 4.92. The van der Waals surface area contributed by atoms with Crippen LogP contribution in [-0.2, 0) is 24.3 Å². The van der Waals surface area contributed by atoms with Crippen LogP contribution in [0, 0.1) is 5.92 Å². The Morgan fingerprint density at radius 2 is 1.53 bits per heavy atom. The van der Waals surface area contributed by atoms with Crippen molar-refractivity contribution in [2.45, 2.75) is 23.8 Å². The van der Waals surface area contributed by atoms with Gasteiger partial charge in [-0.1, -0.05) is 48.5 Å². The predicted molar refractivity (Wildman–Crippen MR) is 116 cm³/mol. The Labute approximate surface area is 186 Å². The van der Waals surface area contributed by atoms with Crippen molar-refractivity contribution in [3.63, 3.8) is 0 Å². The number of ether oxygens (including phenoxy) is 1. The van der Waals surface area contributed by atoms with Gasteiger partial charge in [0, 0.05) is 25.7 Å². The number of benzene rings is 2. The van der Waals surface area contributed by atoms with Crippen LogP contribution in [0.2, 0.25) is 0 Å². The molecule has 0 aromatic heterocycles. The second-order valence-electron chi connectivity index (χ2n) is 7.29. The van der Waals surface area contributed by atoms with Crippen LogP contribution in [-0.4, -0.2) is 50.8 Å². The van der Waals surface area contributed by atoms with Gasteiger partial charge in [0.15, 0.2) is 0 Å². The molecule has 1 atom stereocenters. The lowest BCUT2D eigenvalue weighted by Gasteiger charge is -2.30. The largest absolute Gasteiger partial charge is 0.447 e. The van der Waals surface area contributed by atoms with Crippen LogP contribution in [0.1, 0.15) is 24.5 Å². The average Bonchev–Trinajstić information content (AvgIpc) is 2.83. The molecule has 1 aliphatic rings. The van der Waals surface area contributed by atoms with Gasteiger partial charge in [-0.3, -0.25) is 14.9 Å². The van der Waals surface area contributed by atoms with Crippen LogP contribution < -0.4 is 10.6 Å². The summed E-state index contributed by atoms with van der Waals surface area (Å²) in [6.07, 6.45) is -0.764. The van der Waals surface area contributed by atoms with E-state index in [9.17, 15) is 22.8 Å². The van der Waals surface area contributed by atoms with Gasteiger partial charge in [-0.15, -0.1) is 0 Å². The molecule has 1 fully saturated rings. The third kappa shape index (κ3) is 5.51. The maximum absolute atomic E-state index is 12.8. The lowest BCUT2D eigenvalue weighted by Crippen LogP contribution is -2.43. The summed E-state index contributed by atoms with van der Waals surface area (Å²) in [6.45, 7) is 0.328. The van der Waals surface area contributed by atoms with Crippen molar-refractivity contribution in [2.75, 3.05) is 20.1 Å². The Kier molecular flexibility index (Phi) is 7.60. The highest BCUT2D eigenvalue weighted by Gasteiger charge is 2.35. The van der Waals surface area contributed by atoms with Crippen LogP contribution in [0.3, 0.4) is 0 Å². The summed E-state index contributed by atoms with van der Waals surface area (Å²) >= 11 is 0. The van der Waals surface area contributed by atoms with E-state index in [1.165, 1.54) is 23.5 Å². The Bertz CT molecular complexity index is 1050. The number of imide groups is 1. The molecule has 2 N–H and O–H groups in total. The summed E-state index contributed by atoms with van der Waals surface area (Å²) in [4.78, 5) is 37.1. The maximum Gasteiger partial charge on any atom is 0.321 e. The molecule has 170 valence electrons. The van der Waals surface area contributed by atoms with Crippen molar-refractivity contribution in [1.82, 2.24) is 14.9 Å². The number of carbonyl (C=O) groups is 3. The number of nitrogens with zero attached hydrogens (tertiary/aromatic N) is 1. The maximum atomic E-state index is 12.8. The molecule has 2 aromatic rings. The molecule has 1 heterocycles. The molecule has 0 radical (unpaired) electrons. The molecule has 32 heavy (non-hydrogen) atoms. The lowest BCUT2D eigenvalue weighted by atomic mass is 9.98. The summed E-state index contributed by atoms with van der Waals surface area (Å²) in [6, 6.07) is 15.8. The van der Waals surface area contributed by atoms with Gasteiger partial charge in [0.1, 0.15) is 0 Å². The van der Waals surface area contributed by atoms with E-state index in [-0.39, 0.29) is 30.8 Å². The van der Waals surface area contributed by atoms with Crippen molar-refractivity contribution in [3.05, 3.63) is 66.2 Å². The van der Waals surface area contributed by atoms with Crippen LogP contribution in [0.4, 0.5) is 4.79 Å². The van der Waals surface area contributed by atoms with E-state index < -0.39 is 40.0 Å². The molecule has 0 aliphatic carbocycles. The van der Waals surface area contributed by atoms with Gasteiger partial charge in [-0.05, 0) is 25.0 Å². The SMILES string of the molecule is CNC(=O)NC(=O)C(OC(=O)C1CCN(S(=O)(=O)c2ccccc2)CC1)c1ccccc1. The van der Waals surface area contributed by atoms with Crippen LogP contribution >= 0.6 is 0 Å². The molecule has 9 nitrogen and oxygen atoms in total. The Hall–Kier alpha value is -3.24. The number of hydrogen-bond acceptors (Lipinski definition) is 6. The molecule has 2 aromatic carbocycles. The normalized spacial score (nSPS) is 16.0. The van der Waals surface area contributed by atoms with Crippen molar-refractivity contribution in [1.29, 1.82) is 0 Å². The monoisotopic (exact) mass is 459 g/mol. The minimum absolute atomic E-state index is 0.164. The number of urea groups is 1. The number of carbonyl (C=O) groups excluding carboxylic acids is 3. The van der Waals surface area contributed by atoms with Crippen molar-refractivity contribution in [3.8, 4) is 0 Å². The van der Waals surface area contributed by atoms with Crippen LogP contribution in [0.15, 0.2) is 65.6 Å². The van der Waals surface area contributed by atoms with E-state index in [0.717, 1.165) is 0 Å². The second-order valence-corrected chi connectivity index (χ2v) is 9.23. The molecular weight excluding hydrogens is 434 g/mol. The first kappa shape index (κ1) is 23.4. The predicted octanol–water partition coefficient (Wildman–Crippen LogP) is 1.83. The molecule has 1 saturated heterocycles. The molecule has 3 amide bonds. The zero-order chi connectivity index (χ0) is 23.1. The fourth-order valence-electron chi connectivity index (χ4n) is 3.43. The van der Waals surface area contributed by atoms with Gasteiger partial charge in [-0.25, -0.2) is 13.2 Å². The lowest BCUT2D eigenvalue weighted by molar-refractivity contribution is -0.161. The van der Waals surface area contributed by atoms with E-state index in [1.807, 2.05) is 0 Å². The molecule has 0 spiro atoms. The number of piperidine rings is 1. The van der Waals surface area contributed by atoms with E-state index in [4.69, 9.17) is 4.74 Å². The van der Waals surface area contributed by atoms with Crippen LogP contribution in [0.25, 0.3) is 0 Å². The first-order valence-corrected chi connectivity index (χ1v) is 11.6. The van der Waals surface area contributed by atoms with Gasteiger partial charge in [-0.2, -0.15) is 4.31 Å². The third-order valence-corrected chi connectivity index (χ3v) is 7.12. The van der Waals surface area contributed by atoms with Gasteiger partial charge in [0.25, 0.3) is 5.91 Å². The number of nitrogens with one attached hydrogen (secondary N) is 2. The van der Waals surface area contributed by atoms with Gasteiger partial charge in [0.2, 0.25) is 16.1 Å². The number of hydrogen-bond donors (Lipinski definition) is 2. The van der Waals surface area contributed by atoms with E-state index >= 15 is 0 Å². The van der Waals surface area contributed by atoms with Crippen LogP contribution in [0.5, 0.6) is 0 Å². The number of rotatable bonds is 6. The Balaban J connectivity index is 1.66. The van der Waals surface area contributed by atoms with Gasteiger partial charge >= 0.3 is 12.0 Å². The summed E-state index contributed by atoms with van der Waals surface area (Å²) < 4.78 is 32.4. The highest BCUT2D eigenvalue weighted by molar-refractivity contribution is 7.89. The van der Waals surface area contributed by atoms with Gasteiger partial charge in [0.05, 0.1) is 10.8 Å². The number of sulfonamides is 1. The fraction of sp³-hybridized carbons (Fsp3) is 0.318. The third-order valence-electron chi connectivity index (χ3n) is 5.21. The van der Waals surface area contributed by atoms with Crippen molar-refractivity contribution < 1.29 is 27.5 Å². The summed E-state index contributed by atoms with van der Waals surface area (Å²) in [5.74, 6) is -1.94. The van der Waals surface area contributed by atoms with E-state index in [2.05, 4.69) is 10.6 Å². The Morgan fingerprint density at radius 3 is 2.09 bits per heavy atom. The van der Waals surface area contributed by atoms with Crippen molar-refractivity contribution in [2.24, 2.45) is 5.92 Å². The zero-order valence-corrected chi connectivity index (χ0v) is 18.4. The molecule has 1 aliphatic heterocycles. The molecule has 3 rings (SSSR count).